The Bertz CT molecular complexity index is 344. The van der Waals surface area contributed by atoms with Gasteiger partial charge in [-0.1, -0.05) is 0 Å². The van der Waals surface area contributed by atoms with Crippen molar-refractivity contribution in [3.8, 4) is 5.88 Å². The van der Waals surface area contributed by atoms with E-state index in [0.717, 1.165) is 25.3 Å². The SMILES string of the molecule is COc1cc(NCC2CCOC2C)ccn1. The highest BCUT2D eigenvalue weighted by Crippen LogP contribution is 2.21. The number of rotatable bonds is 4. The molecule has 1 saturated heterocycles. The molecular weight excluding hydrogens is 204 g/mol. The molecule has 4 nitrogen and oxygen atoms in total. The fourth-order valence-corrected chi connectivity index (χ4v) is 1.92. The molecule has 0 saturated carbocycles. The number of ether oxygens (including phenoxy) is 2. The van der Waals surface area contributed by atoms with Gasteiger partial charge >= 0.3 is 0 Å². The van der Waals surface area contributed by atoms with Crippen LogP contribution in [0.3, 0.4) is 0 Å². The Labute approximate surface area is 96.0 Å². The van der Waals surface area contributed by atoms with Crippen LogP contribution >= 0.6 is 0 Å². The Morgan fingerprint density at radius 1 is 1.62 bits per heavy atom. The van der Waals surface area contributed by atoms with Gasteiger partial charge in [0, 0.05) is 37.0 Å². The van der Waals surface area contributed by atoms with E-state index >= 15 is 0 Å². The molecule has 0 aromatic carbocycles. The molecule has 1 aromatic heterocycles. The molecule has 2 atom stereocenters. The molecule has 4 heteroatoms. The van der Waals surface area contributed by atoms with E-state index in [-0.39, 0.29) is 0 Å². The number of nitrogens with zero attached hydrogens (tertiary/aromatic N) is 1. The van der Waals surface area contributed by atoms with Crippen LogP contribution in [0.4, 0.5) is 5.69 Å². The molecular formula is C12H18N2O2. The lowest BCUT2D eigenvalue weighted by atomic mass is 10.0. The van der Waals surface area contributed by atoms with Gasteiger partial charge in [-0.2, -0.15) is 0 Å². The van der Waals surface area contributed by atoms with Crippen molar-refractivity contribution < 1.29 is 9.47 Å². The van der Waals surface area contributed by atoms with Crippen molar-refractivity contribution >= 4 is 5.69 Å². The van der Waals surface area contributed by atoms with Gasteiger partial charge in [0.1, 0.15) is 0 Å². The van der Waals surface area contributed by atoms with Crippen LogP contribution < -0.4 is 10.1 Å². The van der Waals surface area contributed by atoms with E-state index < -0.39 is 0 Å². The predicted octanol–water partition coefficient (Wildman–Crippen LogP) is 1.93. The number of hydrogen-bond donors (Lipinski definition) is 1. The summed E-state index contributed by atoms with van der Waals surface area (Å²) in [7, 11) is 1.62. The number of pyridine rings is 1. The largest absolute Gasteiger partial charge is 0.481 e. The average molecular weight is 222 g/mol. The first-order valence-corrected chi connectivity index (χ1v) is 5.65. The van der Waals surface area contributed by atoms with Gasteiger partial charge < -0.3 is 14.8 Å². The maximum absolute atomic E-state index is 5.52. The van der Waals surface area contributed by atoms with Crippen LogP contribution in [0.2, 0.25) is 0 Å². The van der Waals surface area contributed by atoms with E-state index in [4.69, 9.17) is 9.47 Å². The lowest BCUT2D eigenvalue weighted by Gasteiger charge is -2.15. The minimum atomic E-state index is 0.358. The molecule has 0 aliphatic carbocycles. The third-order valence-corrected chi connectivity index (χ3v) is 3.05. The zero-order valence-corrected chi connectivity index (χ0v) is 9.77. The van der Waals surface area contributed by atoms with E-state index in [1.54, 1.807) is 13.3 Å². The zero-order chi connectivity index (χ0) is 11.4. The van der Waals surface area contributed by atoms with Gasteiger partial charge in [0.25, 0.3) is 0 Å². The van der Waals surface area contributed by atoms with E-state index in [1.807, 2.05) is 12.1 Å². The summed E-state index contributed by atoms with van der Waals surface area (Å²) < 4.78 is 10.6. The normalized spacial score (nSPS) is 24.4. The summed E-state index contributed by atoms with van der Waals surface area (Å²) in [6, 6.07) is 3.85. The van der Waals surface area contributed by atoms with Crippen LogP contribution in [0.25, 0.3) is 0 Å². The van der Waals surface area contributed by atoms with E-state index in [1.165, 1.54) is 0 Å². The van der Waals surface area contributed by atoms with Gasteiger partial charge in [0.15, 0.2) is 0 Å². The summed E-state index contributed by atoms with van der Waals surface area (Å²) in [6.45, 7) is 3.95. The van der Waals surface area contributed by atoms with E-state index in [0.29, 0.717) is 17.9 Å². The van der Waals surface area contributed by atoms with Crippen molar-refractivity contribution in [2.45, 2.75) is 19.4 Å². The Morgan fingerprint density at radius 2 is 2.50 bits per heavy atom. The van der Waals surface area contributed by atoms with Gasteiger partial charge in [-0.05, 0) is 19.4 Å². The second kappa shape index (κ2) is 5.16. The van der Waals surface area contributed by atoms with Crippen LogP contribution in [0.5, 0.6) is 5.88 Å². The molecule has 0 bridgehead atoms. The highest BCUT2D eigenvalue weighted by Gasteiger charge is 2.23. The molecule has 88 valence electrons. The summed E-state index contributed by atoms with van der Waals surface area (Å²) in [4.78, 5) is 4.07. The minimum Gasteiger partial charge on any atom is -0.481 e. The quantitative estimate of drug-likeness (QED) is 0.845. The van der Waals surface area contributed by atoms with Gasteiger partial charge in [-0.3, -0.25) is 0 Å². The van der Waals surface area contributed by atoms with Crippen LogP contribution in [-0.4, -0.2) is 31.3 Å². The van der Waals surface area contributed by atoms with Crippen molar-refractivity contribution in [1.29, 1.82) is 0 Å². The fraction of sp³-hybridized carbons (Fsp3) is 0.583. The Kier molecular flexibility index (Phi) is 3.62. The highest BCUT2D eigenvalue weighted by molar-refractivity contribution is 5.44. The summed E-state index contributed by atoms with van der Waals surface area (Å²) in [5, 5.41) is 3.39. The van der Waals surface area contributed by atoms with Crippen molar-refractivity contribution in [3.05, 3.63) is 18.3 Å². The van der Waals surface area contributed by atoms with E-state index in [9.17, 15) is 0 Å². The van der Waals surface area contributed by atoms with Crippen LogP contribution in [0.1, 0.15) is 13.3 Å². The maximum Gasteiger partial charge on any atom is 0.214 e. The first-order chi connectivity index (χ1) is 7.79. The van der Waals surface area contributed by atoms with Gasteiger partial charge in [0.05, 0.1) is 13.2 Å². The fourth-order valence-electron chi connectivity index (χ4n) is 1.92. The first-order valence-electron chi connectivity index (χ1n) is 5.65. The molecule has 1 aliphatic heterocycles. The first kappa shape index (κ1) is 11.2. The number of anilines is 1. The minimum absolute atomic E-state index is 0.358. The molecule has 16 heavy (non-hydrogen) atoms. The van der Waals surface area contributed by atoms with Crippen LogP contribution in [0.15, 0.2) is 18.3 Å². The molecule has 0 spiro atoms. The summed E-state index contributed by atoms with van der Waals surface area (Å²) >= 11 is 0. The second-order valence-corrected chi connectivity index (χ2v) is 4.09. The average Bonchev–Trinajstić information content (AvgIpc) is 2.72. The molecule has 1 fully saturated rings. The third kappa shape index (κ3) is 2.64. The standard InChI is InChI=1S/C12H18N2O2/c1-9-10(4-6-16-9)8-14-11-3-5-13-12(7-11)15-2/h3,5,7,9-10H,4,6,8H2,1-2H3,(H,13,14). The Morgan fingerprint density at radius 3 is 3.19 bits per heavy atom. The maximum atomic E-state index is 5.52. The number of hydrogen-bond acceptors (Lipinski definition) is 4. The van der Waals surface area contributed by atoms with Crippen molar-refractivity contribution in [3.63, 3.8) is 0 Å². The summed E-state index contributed by atoms with van der Waals surface area (Å²) in [6.07, 6.45) is 3.24. The zero-order valence-electron chi connectivity index (χ0n) is 9.77. The second-order valence-electron chi connectivity index (χ2n) is 4.09. The van der Waals surface area contributed by atoms with Crippen molar-refractivity contribution in [2.75, 3.05) is 25.6 Å². The number of methoxy groups -OCH3 is 1. The highest BCUT2D eigenvalue weighted by atomic mass is 16.5. The molecule has 0 amide bonds. The van der Waals surface area contributed by atoms with Crippen molar-refractivity contribution in [1.82, 2.24) is 4.98 Å². The lowest BCUT2D eigenvalue weighted by Crippen LogP contribution is -2.20. The van der Waals surface area contributed by atoms with Crippen LogP contribution in [0, 0.1) is 5.92 Å². The third-order valence-electron chi connectivity index (χ3n) is 3.05. The molecule has 2 rings (SSSR count). The number of nitrogens with one attached hydrogen (secondary N) is 1. The topological polar surface area (TPSA) is 43.4 Å². The van der Waals surface area contributed by atoms with Gasteiger partial charge in [-0.25, -0.2) is 4.98 Å². The summed E-state index contributed by atoms with van der Waals surface area (Å²) in [5.74, 6) is 1.24. The molecule has 1 aliphatic rings. The van der Waals surface area contributed by atoms with E-state index in [2.05, 4.69) is 17.2 Å². The Hall–Kier alpha value is -1.29. The monoisotopic (exact) mass is 222 g/mol. The van der Waals surface area contributed by atoms with Crippen LogP contribution in [-0.2, 0) is 4.74 Å². The van der Waals surface area contributed by atoms with Gasteiger partial charge in [-0.15, -0.1) is 0 Å². The molecule has 2 heterocycles. The number of aromatic nitrogens is 1. The predicted molar refractivity (Wildman–Crippen MR) is 62.8 cm³/mol. The molecule has 1 N–H and O–H groups in total. The van der Waals surface area contributed by atoms with Crippen molar-refractivity contribution in [2.24, 2.45) is 5.92 Å². The smallest absolute Gasteiger partial charge is 0.214 e. The summed E-state index contributed by atoms with van der Waals surface area (Å²) in [5.41, 5.74) is 1.05. The van der Waals surface area contributed by atoms with Gasteiger partial charge in [0.2, 0.25) is 5.88 Å². The molecule has 2 unspecified atom stereocenters. The lowest BCUT2D eigenvalue weighted by molar-refractivity contribution is 0.108. The Balaban J connectivity index is 1.88. The molecule has 1 aromatic rings. The molecule has 0 radical (unpaired) electrons.